The van der Waals surface area contributed by atoms with E-state index in [-0.39, 0.29) is 15.7 Å². The van der Waals surface area contributed by atoms with Crippen LogP contribution in [0, 0.1) is 0 Å². The molecule has 1 amide bonds. The monoisotopic (exact) mass is 451 g/mol. The molecule has 0 saturated carbocycles. The van der Waals surface area contributed by atoms with Gasteiger partial charge in [0.25, 0.3) is 5.91 Å². The molecule has 0 aliphatic heterocycles. The molecule has 1 aromatic heterocycles. The summed E-state index contributed by atoms with van der Waals surface area (Å²) in [6.45, 7) is 1.90. The van der Waals surface area contributed by atoms with Gasteiger partial charge < -0.3 is 5.32 Å². The van der Waals surface area contributed by atoms with Gasteiger partial charge in [0.15, 0.2) is 0 Å². The number of rotatable bonds is 5. The number of anilines is 1. The topological polar surface area (TPSA) is 89.0 Å². The minimum Gasteiger partial charge on any atom is -0.321 e. The molecule has 1 N–H and O–H groups in total. The van der Waals surface area contributed by atoms with Gasteiger partial charge in [-0.1, -0.05) is 27.3 Å². The number of amides is 1. The van der Waals surface area contributed by atoms with Crippen molar-refractivity contribution in [2.75, 3.05) is 5.32 Å². The molecule has 0 atom stereocenters. The van der Waals surface area contributed by atoms with Crippen LogP contribution < -0.4 is 5.32 Å². The number of carbonyl (C=O) groups is 1. The smallest absolute Gasteiger partial charge is 0.269 e. The number of aromatic nitrogens is 2. The van der Waals surface area contributed by atoms with Gasteiger partial charge in [-0.25, -0.2) is 8.42 Å². The van der Waals surface area contributed by atoms with Crippen molar-refractivity contribution in [3.8, 4) is 0 Å². The zero-order valence-electron chi connectivity index (χ0n) is 13.6. The van der Waals surface area contributed by atoms with Crippen LogP contribution in [-0.4, -0.2) is 23.9 Å². The summed E-state index contributed by atoms with van der Waals surface area (Å²) in [5, 5.41) is 6.64. The zero-order chi connectivity index (χ0) is 18.7. The molecule has 26 heavy (non-hydrogen) atoms. The molecule has 3 rings (SSSR count). The van der Waals surface area contributed by atoms with E-state index in [1.807, 2.05) is 6.92 Å². The molecule has 9 heteroatoms. The number of aryl methyl sites for hydroxylation is 1. The fourth-order valence-corrected chi connectivity index (χ4v) is 4.44. The van der Waals surface area contributed by atoms with Gasteiger partial charge in [-0.15, -0.1) is 5.10 Å². The minimum absolute atomic E-state index is 0.159. The Kier molecular flexibility index (Phi) is 5.49. The third kappa shape index (κ3) is 3.84. The molecule has 6 nitrogen and oxygen atoms in total. The van der Waals surface area contributed by atoms with Crippen LogP contribution in [0.1, 0.15) is 22.3 Å². The third-order valence-electron chi connectivity index (χ3n) is 3.64. The normalized spacial score (nSPS) is 11.3. The summed E-state index contributed by atoms with van der Waals surface area (Å²) in [7, 11) is -3.61. The second-order valence-electron chi connectivity index (χ2n) is 5.34. The number of sulfone groups is 1. The predicted molar refractivity (Wildman–Crippen MR) is 103 cm³/mol. The molecule has 0 unspecified atom stereocenters. The Morgan fingerprint density at radius 3 is 2.23 bits per heavy atom. The van der Waals surface area contributed by atoms with Crippen molar-refractivity contribution in [3.05, 3.63) is 63.6 Å². The minimum atomic E-state index is -3.61. The second kappa shape index (κ2) is 7.65. The summed E-state index contributed by atoms with van der Waals surface area (Å²) in [4.78, 5) is 13.1. The van der Waals surface area contributed by atoms with Crippen molar-refractivity contribution in [1.82, 2.24) is 9.59 Å². The average Bonchev–Trinajstić information content (AvgIpc) is 3.11. The number of benzene rings is 2. The number of hydrogen-bond acceptors (Lipinski definition) is 6. The van der Waals surface area contributed by atoms with Crippen molar-refractivity contribution in [2.24, 2.45) is 0 Å². The summed E-state index contributed by atoms with van der Waals surface area (Å²) >= 11 is 4.32. The predicted octanol–water partition coefficient (Wildman–Crippen LogP) is 3.95. The van der Waals surface area contributed by atoms with E-state index in [9.17, 15) is 13.2 Å². The Morgan fingerprint density at radius 1 is 1.08 bits per heavy atom. The van der Waals surface area contributed by atoms with Crippen LogP contribution in [0.25, 0.3) is 0 Å². The highest BCUT2D eigenvalue weighted by atomic mass is 79.9. The van der Waals surface area contributed by atoms with E-state index in [1.54, 1.807) is 24.3 Å². The van der Waals surface area contributed by atoms with Gasteiger partial charge in [0, 0.05) is 10.2 Å². The molecular formula is C17H14BrN3O3S2. The van der Waals surface area contributed by atoms with Gasteiger partial charge in [0.2, 0.25) is 9.84 Å². The van der Waals surface area contributed by atoms with E-state index in [2.05, 4.69) is 30.8 Å². The van der Waals surface area contributed by atoms with Crippen molar-refractivity contribution in [3.63, 3.8) is 0 Å². The molecule has 0 radical (unpaired) electrons. The molecule has 134 valence electrons. The molecule has 3 aromatic rings. The maximum atomic E-state index is 12.6. The largest absolute Gasteiger partial charge is 0.321 e. The lowest BCUT2D eigenvalue weighted by atomic mass is 10.2. The molecule has 0 fully saturated rings. The van der Waals surface area contributed by atoms with Gasteiger partial charge >= 0.3 is 0 Å². The highest BCUT2D eigenvalue weighted by Gasteiger charge is 2.18. The summed E-state index contributed by atoms with van der Waals surface area (Å²) in [5.41, 5.74) is 1.14. The van der Waals surface area contributed by atoms with Crippen molar-refractivity contribution in [2.45, 2.75) is 23.1 Å². The fourth-order valence-electron chi connectivity index (χ4n) is 2.27. The first-order chi connectivity index (χ1) is 12.4. The van der Waals surface area contributed by atoms with E-state index in [0.29, 0.717) is 22.7 Å². The van der Waals surface area contributed by atoms with E-state index in [4.69, 9.17) is 0 Å². The highest BCUT2D eigenvalue weighted by molar-refractivity contribution is 9.10. The first-order valence-corrected chi connectivity index (χ1v) is 10.7. The highest BCUT2D eigenvalue weighted by Crippen LogP contribution is 2.24. The standard InChI is InChI=1S/C17H14BrN3O3S2/c1-2-15-16(25-21-20-15)17(22)19-12-5-9-14(10-6-12)26(23,24)13-7-3-11(18)4-8-13/h3-10H,2H2,1H3,(H,19,22). The Morgan fingerprint density at radius 2 is 1.65 bits per heavy atom. The summed E-state index contributed by atoms with van der Waals surface area (Å²) < 4.78 is 29.9. The van der Waals surface area contributed by atoms with Crippen molar-refractivity contribution >= 4 is 48.9 Å². The number of halogens is 1. The van der Waals surface area contributed by atoms with Crippen LogP contribution in [0.15, 0.2) is 62.8 Å². The van der Waals surface area contributed by atoms with Crippen LogP contribution in [0.2, 0.25) is 0 Å². The molecule has 0 bridgehead atoms. The summed E-state index contributed by atoms with van der Waals surface area (Å²) in [6.07, 6.45) is 0.615. The number of nitrogens with zero attached hydrogens (tertiary/aromatic N) is 2. The molecule has 1 heterocycles. The van der Waals surface area contributed by atoms with E-state index in [0.717, 1.165) is 16.0 Å². The third-order valence-corrected chi connectivity index (χ3v) is 6.72. The van der Waals surface area contributed by atoms with Gasteiger partial charge in [0.1, 0.15) is 4.88 Å². The maximum absolute atomic E-state index is 12.6. The average molecular weight is 452 g/mol. The van der Waals surface area contributed by atoms with Gasteiger partial charge in [0.05, 0.1) is 15.5 Å². The van der Waals surface area contributed by atoms with E-state index >= 15 is 0 Å². The number of carbonyl (C=O) groups excluding carboxylic acids is 1. The lowest BCUT2D eigenvalue weighted by Crippen LogP contribution is -2.12. The van der Waals surface area contributed by atoms with Crippen LogP contribution in [0.5, 0.6) is 0 Å². The van der Waals surface area contributed by atoms with Crippen LogP contribution >= 0.6 is 27.5 Å². The molecule has 0 saturated heterocycles. The van der Waals surface area contributed by atoms with Gasteiger partial charge in [-0.3, -0.25) is 4.79 Å². The Balaban J connectivity index is 1.80. The van der Waals surface area contributed by atoms with Crippen LogP contribution in [0.4, 0.5) is 5.69 Å². The molecule has 0 spiro atoms. The fraction of sp³-hybridized carbons (Fsp3) is 0.118. The maximum Gasteiger partial charge on any atom is 0.269 e. The quantitative estimate of drug-likeness (QED) is 0.634. The van der Waals surface area contributed by atoms with Crippen molar-refractivity contribution in [1.29, 1.82) is 0 Å². The van der Waals surface area contributed by atoms with E-state index < -0.39 is 9.84 Å². The molecule has 0 aliphatic rings. The van der Waals surface area contributed by atoms with E-state index in [1.165, 1.54) is 24.3 Å². The Bertz CT molecular complexity index is 1030. The van der Waals surface area contributed by atoms with Crippen molar-refractivity contribution < 1.29 is 13.2 Å². The van der Waals surface area contributed by atoms with Gasteiger partial charge in [-0.05, 0) is 66.5 Å². The molecule has 2 aromatic carbocycles. The first-order valence-electron chi connectivity index (χ1n) is 7.65. The summed E-state index contributed by atoms with van der Waals surface area (Å²) in [6, 6.07) is 12.5. The second-order valence-corrected chi connectivity index (χ2v) is 8.96. The zero-order valence-corrected chi connectivity index (χ0v) is 16.9. The number of nitrogens with one attached hydrogen (secondary N) is 1. The summed E-state index contributed by atoms with van der Waals surface area (Å²) in [5.74, 6) is -0.305. The lowest BCUT2D eigenvalue weighted by molar-refractivity contribution is 0.102. The first kappa shape index (κ1) is 18.7. The molecule has 0 aliphatic carbocycles. The van der Waals surface area contributed by atoms with Gasteiger partial charge in [-0.2, -0.15) is 0 Å². The number of hydrogen-bond donors (Lipinski definition) is 1. The Hall–Kier alpha value is -2.10. The Labute approximate surface area is 163 Å². The lowest BCUT2D eigenvalue weighted by Gasteiger charge is -2.07. The van der Waals surface area contributed by atoms with Crippen LogP contribution in [0.3, 0.4) is 0 Å². The van der Waals surface area contributed by atoms with Crippen LogP contribution in [-0.2, 0) is 16.3 Å². The SMILES string of the molecule is CCc1nnsc1C(=O)Nc1ccc(S(=O)(=O)c2ccc(Br)cc2)cc1. The molecular weight excluding hydrogens is 438 g/mol.